The number of rotatable bonds is 7. The van der Waals surface area contributed by atoms with Crippen molar-refractivity contribution in [3.05, 3.63) is 59.7 Å². The second-order valence-electron chi connectivity index (χ2n) is 5.61. The SMILES string of the molecule is CC[C@@H](Oc1ccc(OC)cc1)C(=O)NCc1cccc(C(F)(F)F)c1. The summed E-state index contributed by atoms with van der Waals surface area (Å²) in [6, 6.07) is 11.6. The summed E-state index contributed by atoms with van der Waals surface area (Å²) in [5.74, 6) is 0.784. The number of benzene rings is 2. The fourth-order valence-corrected chi connectivity index (χ4v) is 2.30. The van der Waals surface area contributed by atoms with Gasteiger partial charge in [-0.15, -0.1) is 0 Å². The monoisotopic (exact) mass is 367 g/mol. The standard InChI is InChI=1S/C19H20F3NO3/c1-3-17(26-16-9-7-15(25-2)8-10-16)18(24)23-12-13-5-4-6-14(11-13)19(20,21)22/h4-11,17H,3,12H2,1-2H3,(H,23,24)/t17-/m1/s1. The molecule has 7 heteroatoms. The van der Waals surface area contributed by atoms with Crippen LogP contribution in [0.3, 0.4) is 0 Å². The van der Waals surface area contributed by atoms with Crippen LogP contribution < -0.4 is 14.8 Å². The second-order valence-corrected chi connectivity index (χ2v) is 5.61. The maximum atomic E-state index is 12.7. The van der Waals surface area contributed by atoms with Gasteiger partial charge in [0.05, 0.1) is 12.7 Å². The van der Waals surface area contributed by atoms with Gasteiger partial charge in [0.1, 0.15) is 11.5 Å². The van der Waals surface area contributed by atoms with E-state index < -0.39 is 17.8 Å². The number of carbonyl (C=O) groups is 1. The molecule has 1 N–H and O–H groups in total. The summed E-state index contributed by atoms with van der Waals surface area (Å²) in [4.78, 5) is 12.3. The summed E-state index contributed by atoms with van der Waals surface area (Å²) in [5.41, 5.74) is -0.377. The molecule has 0 aliphatic rings. The largest absolute Gasteiger partial charge is 0.497 e. The molecule has 2 aromatic carbocycles. The van der Waals surface area contributed by atoms with Crippen LogP contribution in [0, 0.1) is 0 Å². The van der Waals surface area contributed by atoms with E-state index in [-0.39, 0.29) is 12.5 Å². The first kappa shape index (κ1) is 19.6. The van der Waals surface area contributed by atoms with Crippen LogP contribution in [-0.4, -0.2) is 19.1 Å². The Morgan fingerprint density at radius 3 is 2.35 bits per heavy atom. The van der Waals surface area contributed by atoms with Crippen LogP contribution in [0.2, 0.25) is 0 Å². The van der Waals surface area contributed by atoms with Gasteiger partial charge in [0.2, 0.25) is 0 Å². The Hall–Kier alpha value is -2.70. The average molecular weight is 367 g/mol. The van der Waals surface area contributed by atoms with Gasteiger partial charge in [0, 0.05) is 6.54 Å². The van der Waals surface area contributed by atoms with Crippen LogP contribution in [0.5, 0.6) is 11.5 Å². The molecule has 0 radical (unpaired) electrons. The molecule has 0 aromatic heterocycles. The summed E-state index contributed by atoms with van der Waals surface area (Å²) in [5, 5.41) is 2.62. The molecule has 2 rings (SSSR count). The third-order valence-corrected chi connectivity index (χ3v) is 3.72. The van der Waals surface area contributed by atoms with Gasteiger partial charge in [-0.25, -0.2) is 0 Å². The molecule has 1 amide bonds. The molecule has 0 aliphatic heterocycles. The summed E-state index contributed by atoms with van der Waals surface area (Å²) in [6.45, 7) is 1.78. The van der Waals surface area contributed by atoms with Crippen molar-refractivity contribution in [1.82, 2.24) is 5.32 Å². The highest BCUT2D eigenvalue weighted by Crippen LogP contribution is 2.29. The van der Waals surface area contributed by atoms with Crippen LogP contribution in [0.25, 0.3) is 0 Å². The van der Waals surface area contributed by atoms with Gasteiger partial charge in [-0.3, -0.25) is 4.79 Å². The van der Waals surface area contributed by atoms with Crippen LogP contribution in [-0.2, 0) is 17.5 Å². The van der Waals surface area contributed by atoms with Crippen molar-refractivity contribution in [3.8, 4) is 11.5 Å². The number of alkyl halides is 3. The van der Waals surface area contributed by atoms with Gasteiger partial charge < -0.3 is 14.8 Å². The number of nitrogens with one attached hydrogen (secondary N) is 1. The Morgan fingerprint density at radius 2 is 1.77 bits per heavy atom. The Bertz CT molecular complexity index is 730. The molecule has 1 atom stereocenters. The third kappa shape index (κ3) is 5.40. The van der Waals surface area contributed by atoms with E-state index in [1.54, 1.807) is 38.3 Å². The van der Waals surface area contributed by atoms with Crippen molar-refractivity contribution < 1.29 is 27.4 Å². The Balaban J connectivity index is 1.96. The lowest BCUT2D eigenvalue weighted by molar-refractivity contribution is -0.137. The van der Waals surface area contributed by atoms with Crippen molar-refractivity contribution >= 4 is 5.91 Å². The van der Waals surface area contributed by atoms with E-state index in [1.165, 1.54) is 12.1 Å². The molecule has 0 saturated carbocycles. The highest BCUT2D eigenvalue weighted by Gasteiger charge is 2.30. The zero-order chi connectivity index (χ0) is 19.2. The van der Waals surface area contributed by atoms with Gasteiger partial charge in [-0.05, 0) is 48.4 Å². The summed E-state index contributed by atoms with van der Waals surface area (Å²) < 4.78 is 48.9. The minimum absolute atomic E-state index is 0.00870. The van der Waals surface area contributed by atoms with E-state index >= 15 is 0 Å². The maximum absolute atomic E-state index is 12.7. The quantitative estimate of drug-likeness (QED) is 0.798. The van der Waals surface area contributed by atoms with E-state index in [4.69, 9.17) is 9.47 Å². The van der Waals surface area contributed by atoms with Crippen molar-refractivity contribution in [2.45, 2.75) is 32.2 Å². The van der Waals surface area contributed by atoms with E-state index in [0.717, 1.165) is 12.1 Å². The number of carbonyl (C=O) groups excluding carboxylic acids is 1. The predicted molar refractivity (Wildman–Crippen MR) is 91.0 cm³/mol. The van der Waals surface area contributed by atoms with Gasteiger partial charge >= 0.3 is 6.18 Å². The highest BCUT2D eigenvalue weighted by molar-refractivity contribution is 5.81. The second kappa shape index (κ2) is 8.60. The zero-order valence-electron chi connectivity index (χ0n) is 14.5. The van der Waals surface area contributed by atoms with Gasteiger partial charge in [0.15, 0.2) is 6.10 Å². The smallest absolute Gasteiger partial charge is 0.416 e. The topological polar surface area (TPSA) is 47.6 Å². The van der Waals surface area contributed by atoms with E-state index in [9.17, 15) is 18.0 Å². The Morgan fingerprint density at radius 1 is 1.12 bits per heavy atom. The van der Waals surface area contributed by atoms with Crippen molar-refractivity contribution in [3.63, 3.8) is 0 Å². The third-order valence-electron chi connectivity index (χ3n) is 3.72. The number of hydrogen-bond donors (Lipinski definition) is 1. The number of hydrogen-bond acceptors (Lipinski definition) is 3. The lowest BCUT2D eigenvalue weighted by Crippen LogP contribution is -2.37. The Labute approximate surface area is 149 Å². The molecule has 0 unspecified atom stereocenters. The van der Waals surface area contributed by atoms with Gasteiger partial charge in [-0.2, -0.15) is 13.2 Å². The predicted octanol–water partition coefficient (Wildman–Crippen LogP) is 4.19. The summed E-state index contributed by atoms with van der Waals surface area (Å²) >= 11 is 0. The summed E-state index contributed by atoms with van der Waals surface area (Å²) in [6.07, 6.45) is -4.74. The van der Waals surface area contributed by atoms with Crippen LogP contribution >= 0.6 is 0 Å². The first-order chi connectivity index (χ1) is 12.3. The first-order valence-corrected chi connectivity index (χ1v) is 8.08. The molecule has 2 aromatic rings. The number of methoxy groups -OCH3 is 1. The molecule has 26 heavy (non-hydrogen) atoms. The lowest BCUT2D eigenvalue weighted by Gasteiger charge is -2.18. The van der Waals surface area contributed by atoms with Crippen molar-refractivity contribution in [1.29, 1.82) is 0 Å². The van der Waals surface area contributed by atoms with Crippen LogP contribution in [0.15, 0.2) is 48.5 Å². The minimum Gasteiger partial charge on any atom is -0.497 e. The normalized spacial score (nSPS) is 12.3. The van der Waals surface area contributed by atoms with Crippen molar-refractivity contribution in [2.75, 3.05) is 7.11 Å². The molecule has 4 nitrogen and oxygen atoms in total. The van der Waals surface area contributed by atoms with E-state index in [1.807, 2.05) is 0 Å². The van der Waals surface area contributed by atoms with E-state index in [0.29, 0.717) is 23.5 Å². The molecule has 0 fully saturated rings. The average Bonchev–Trinajstić information content (AvgIpc) is 2.64. The van der Waals surface area contributed by atoms with Crippen molar-refractivity contribution in [2.24, 2.45) is 0 Å². The molecular formula is C19H20F3NO3. The number of amides is 1. The van der Waals surface area contributed by atoms with Crippen LogP contribution in [0.4, 0.5) is 13.2 Å². The number of ether oxygens (including phenoxy) is 2. The first-order valence-electron chi connectivity index (χ1n) is 8.08. The fourth-order valence-electron chi connectivity index (χ4n) is 2.30. The summed E-state index contributed by atoms with van der Waals surface area (Å²) in [7, 11) is 1.55. The highest BCUT2D eigenvalue weighted by atomic mass is 19.4. The maximum Gasteiger partial charge on any atom is 0.416 e. The van der Waals surface area contributed by atoms with E-state index in [2.05, 4.69) is 5.32 Å². The fraction of sp³-hybridized carbons (Fsp3) is 0.316. The van der Waals surface area contributed by atoms with Gasteiger partial charge in [0.25, 0.3) is 5.91 Å². The molecule has 0 bridgehead atoms. The van der Waals surface area contributed by atoms with Gasteiger partial charge in [-0.1, -0.05) is 19.1 Å². The number of halogens is 3. The lowest BCUT2D eigenvalue weighted by atomic mass is 10.1. The Kier molecular flexibility index (Phi) is 6.49. The molecule has 140 valence electrons. The molecule has 0 saturated heterocycles. The molecule has 0 spiro atoms. The molecular weight excluding hydrogens is 347 g/mol. The minimum atomic E-state index is -4.41. The zero-order valence-corrected chi connectivity index (χ0v) is 14.5. The van der Waals surface area contributed by atoms with Crippen LogP contribution in [0.1, 0.15) is 24.5 Å². The molecule has 0 heterocycles. The molecule has 0 aliphatic carbocycles.